The molecule has 2 rings (SSSR count). The predicted molar refractivity (Wildman–Crippen MR) is 80.9 cm³/mol. The molecule has 114 valence electrons. The summed E-state index contributed by atoms with van der Waals surface area (Å²) in [5.41, 5.74) is 2.13. The molecule has 21 heavy (non-hydrogen) atoms. The molecule has 0 aromatic heterocycles. The number of carbonyl (C=O) groups excluding carboxylic acids is 2. The van der Waals surface area contributed by atoms with Crippen molar-refractivity contribution >= 4 is 11.9 Å². The number of carbonyl (C=O) groups is 2. The van der Waals surface area contributed by atoms with Crippen molar-refractivity contribution in [3.05, 3.63) is 35.4 Å². The van der Waals surface area contributed by atoms with Gasteiger partial charge in [0.1, 0.15) is 6.04 Å². The summed E-state index contributed by atoms with van der Waals surface area (Å²) in [5.74, 6) is -0.256. The van der Waals surface area contributed by atoms with Gasteiger partial charge < -0.3 is 9.64 Å². The lowest BCUT2D eigenvalue weighted by Crippen LogP contribution is -2.49. The smallest absolute Gasteiger partial charge is 0.328 e. The molecule has 0 aliphatic carbocycles. The molecule has 0 spiro atoms. The predicted octanol–water partition coefficient (Wildman–Crippen LogP) is 2.48. The number of piperidine rings is 1. The maximum absolute atomic E-state index is 12.5. The molecule has 1 fully saturated rings. The first-order valence-corrected chi connectivity index (χ1v) is 7.63. The topological polar surface area (TPSA) is 46.6 Å². The lowest BCUT2D eigenvalue weighted by atomic mass is 10.0. The Labute approximate surface area is 126 Å². The van der Waals surface area contributed by atoms with Crippen molar-refractivity contribution in [3.63, 3.8) is 0 Å². The van der Waals surface area contributed by atoms with E-state index in [4.69, 9.17) is 4.74 Å². The quantitative estimate of drug-likeness (QED) is 0.800. The van der Waals surface area contributed by atoms with Crippen molar-refractivity contribution in [1.82, 2.24) is 4.90 Å². The van der Waals surface area contributed by atoms with Gasteiger partial charge in [-0.2, -0.15) is 0 Å². The number of amides is 1. The lowest BCUT2D eigenvalue weighted by Gasteiger charge is -2.34. The Kier molecular flexibility index (Phi) is 5.37. The van der Waals surface area contributed by atoms with Crippen molar-refractivity contribution in [3.8, 4) is 0 Å². The highest BCUT2D eigenvalue weighted by Crippen LogP contribution is 2.20. The summed E-state index contributed by atoms with van der Waals surface area (Å²) < 4.78 is 5.10. The number of ether oxygens (including phenoxy) is 1. The van der Waals surface area contributed by atoms with Gasteiger partial charge in [-0.1, -0.05) is 29.8 Å². The van der Waals surface area contributed by atoms with Gasteiger partial charge in [0.2, 0.25) is 5.91 Å². The molecule has 0 radical (unpaired) electrons. The number of esters is 1. The van der Waals surface area contributed by atoms with E-state index in [-0.39, 0.29) is 11.9 Å². The van der Waals surface area contributed by atoms with E-state index in [9.17, 15) is 9.59 Å². The number of hydrogen-bond donors (Lipinski definition) is 0. The first kappa shape index (κ1) is 15.5. The second-order valence-corrected chi connectivity index (χ2v) is 5.52. The number of nitrogens with zero attached hydrogens (tertiary/aromatic N) is 1. The Morgan fingerprint density at radius 3 is 2.86 bits per heavy atom. The van der Waals surface area contributed by atoms with E-state index in [2.05, 4.69) is 0 Å². The highest BCUT2D eigenvalue weighted by molar-refractivity contribution is 5.86. The molecule has 1 aromatic rings. The minimum absolute atomic E-state index is 0.0124. The van der Waals surface area contributed by atoms with E-state index >= 15 is 0 Å². The molecular weight excluding hydrogens is 266 g/mol. The first-order valence-electron chi connectivity index (χ1n) is 7.63. The summed E-state index contributed by atoms with van der Waals surface area (Å²) >= 11 is 0. The van der Waals surface area contributed by atoms with Crippen molar-refractivity contribution in [2.75, 3.05) is 13.2 Å². The largest absolute Gasteiger partial charge is 0.464 e. The number of hydrogen-bond acceptors (Lipinski definition) is 3. The van der Waals surface area contributed by atoms with Crippen LogP contribution >= 0.6 is 0 Å². The summed E-state index contributed by atoms with van der Waals surface area (Å²) in [7, 11) is 0. The van der Waals surface area contributed by atoms with Crippen LogP contribution in [-0.4, -0.2) is 36.0 Å². The van der Waals surface area contributed by atoms with Crippen LogP contribution in [0.5, 0.6) is 0 Å². The Morgan fingerprint density at radius 2 is 2.14 bits per heavy atom. The third-order valence-electron chi connectivity index (χ3n) is 3.82. The third-order valence-corrected chi connectivity index (χ3v) is 3.82. The molecule has 0 N–H and O–H groups in total. The maximum atomic E-state index is 12.5. The first-order chi connectivity index (χ1) is 10.1. The molecule has 1 amide bonds. The Bertz CT molecular complexity index is 513. The molecular formula is C17H23NO3. The van der Waals surface area contributed by atoms with Gasteiger partial charge in [-0.15, -0.1) is 0 Å². The molecule has 0 saturated carbocycles. The summed E-state index contributed by atoms with van der Waals surface area (Å²) in [5, 5.41) is 0. The number of benzene rings is 1. The number of rotatable bonds is 4. The Balaban J connectivity index is 2.06. The van der Waals surface area contributed by atoms with Crippen LogP contribution in [0, 0.1) is 6.92 Å². The molecule has 1 unspecified atom stereocenters. The van der Waals surface area contributed by atoms with Gasteiger partial charge in [-0.05, 0) is 38.7 Å². The minimum atomic E-state index is -0.406. The molecule has 1 aliphatic rings. The second kappa shape index (κ2) is 7.25. The van der Waals surface area contributed by atoms with E-state index in [0.717, 1.165) is 24.0 Å². The van der Waals surface area contributed by atoms with Crippen LogP contribution in [-0.2, 0) is 20.7 Å². The van der Waals surface area contributed by atoms with Crippen molar-refractivity contribution in [1.29, 1.82) is 0 Å². The van der Waals surface area contributed by atoms with E-state index < -0.39 is 6.04 Å². The Morgan fingerprint density at radius 1 is 1.33 bits per heavy atom. The normalized spacial score (nSPS) is 18.4. The average molecular weight is 289 g/mol. The summed E-state index contributed by atoms with van der Waals surface area (Å²) in [6, 6.07) is 7.53. The van der Waals surface area contributed by atoms with Gasteiger partial charge in [0.15, 0.2) is 0 Å². The zero-order chi connectivity index (χ0) is 15.2. The van der Waals surface area contributed by atoms with Crippen LogP contribution in [0.2, 0.25) is 0 Å². The van der Waals surface area contributed by atoms with Crippen LogP contribution in [0.3, 0.4) is 0 Å². The molecule has 0 bridgehead atoms. The molecule has 4 heteroatoms. The molecule has 4 nitrogen and oxygen atoms in total. The molecule has 1 heterocycles. The van der Waals surface area contributed by atoms with Crippen LogP contribution < -0.4 is 0 Å². The second-order valence-electron chi connectivity index (χ2n) is 5.52. The SMILES string of the molecule is CCOC(=O)C1CCCCN1C(=O)Cc1cccc(C)c1. The van der Waals surface area contributed by atoms with E-state index in [1.165, 1.54) is 0 Å². The molecule has 1 saturated heterocycles. The fraction of sp³-hybridized carbons (Fsp3) is 0.529. The number of likely N-dealkylation sites (tertiary alicyclic amines) is 1. The van der Waals surface area contributed by atoms with Crippen molar-refractivity contribution < 1.29 is 14.3 Å². The molecule has 1 aromatic carbocycles. The van der Waals surface area contributed by atoms with E-state index in [1.54, 1.807) is 11.8 Å². The maximum Gasteiger partial charge on any atom is 0.328 e. The lowest BCUT2D eigenvalue weighted by molar-refractivity contribution is -0.156. The van der Waals surface area contributed by atoms with Crippen LogP contribution in [0.4, 0.5) is 0 Å². The monoisotopic (exact) mass is 289 g/mol. The standard InChI is InChI=1S/C17H23NO3/c1-3-21-17(20)15-9-4-5-10-18(15)16(19)12-14-8-6-7-13(2)11-14/h6-8,11,15H,3-5,9-10,12H2,1-2H3. The van der Waals surface area contributed by atoms with Gasteiger partial charge in [0, 0.05) is 6.54 Å². The highest BCUT2D eigenvalue weighted by Gasteiger charge is 2.32. The van der Waals surface area contributed by atoms with Crippen molar-refractivity contribution in [2.24, 2.45) is 0 Å². The van der Waals surface area contributed by atoms with Gasteiger partial charge in [0.05, 0.1) is 13.0 Å². The summed E-state index contributed by atoms with van der Waals surface area (Å²) in [6.45, 7) is 4.80. The number of aryl methyl sites for hydroxylation is 1. The summed E-state index contributed by atoms with van der Waals surface area (Å²) in [6.07, 6.45) is 2.98. The molecule has 1 aliphatic heterocycles. The van der Waals surface area contributed by atoms with Crippen LogP contribution in [0.1, 0.15) is 37.3 Å². The zero-order valence-corrected chi connectivity index (χ0v) is 12.8. The van der Waals surface area contributed by atoms with Gasteiger partial charge >= 0.3 is 5.97 Å². The van der Waals surface area contributed by atoms with Gasteiger partial charge in [-0.3, -0.25) is 4.79 Å². The van der Waals surface area contributed by atoms with Crippen LogP contribution in [0.25, 0.3) is 0 Å². The van der Waals surface area contributed by atoms with Crippen LogP contribution in [0.15, 0.2) is 24.3 Å². The fourth-order valence-electron chi connectivity index (χ4n) is 2.81. The highest BCUT2D eigenvalue weighted by atomic mass is 16.5. The van der Waals surface area contributed by atoms with E-state index in [1.807, 2.05) is 31.2 Å². The van der Waals surface area contributed by atoms with Gasteiger partial charge in [0.25, 0.3) is 0 Å². The van der Waals surface area contributed by atoms with Crippen molar-refractivity contribution in [2.45, 2.75) is 45.6 Å². The van der Waals surface area contributed by atoms with E-state index in [0.29, 0.717) is 26.0 Å². The zero-order valence-electron chi connectivity index (χ0n) is 12.8. The average Bonchev–Trinajstić information content (AvgIpc) is 2.47. The van der Waals surface area contributed by atoms with Gasteiger partial charge in [-0.25, -0.2) is 4.79 Å². The third kappa shape index (κ3) is 4.06. The molecule has 1 atom stereocenters. The summed E-state index contributed by atoms with van der Waals surface area (Å²) in [4.78, 5) is 26.2. The fourth-order valence-corrected chi connectivity index (χ4v) is 2.81. The Hall–Kier alpha value is -1.84. The minimum Gasteiger partial charge on any atom is -0.464 e.